The maximum atomic E-state index is 12.2. The molecule has 0 N–H and O–H groups in total. The molecule has 0 spiro atoms. The third-order valence-electron chi connectivity index (χ3n) is 2.83. The van der Waals surface area contributed by atoms with Gasteiger partial charge in [0, 0.05) is 13.1 Å². The number of hydrogen-bond donors (Lipinski definition) is 0. The predicted molar refractivity (Wildman–Crippen MR) is 70.3 cm³/mol. The predicted octanol–water partition coefficient (Wildman–Crippen LogP) is 3.25. The molecular formula is C15H17NO2. The van der Waals surface area contributed by atoms with Crippen LogP contribution in [-0.4, -0.2) is 17.4 Å². The molecule has 3 heteroatoms. The van der Waals surface area contributed by atoms with Gasteiger partial charge in [-0.05, 0) is 31.0 Å². The summed E-state index contributed by atoms with van der Waals surface area (Å²) in [6.45, 7) is 5.15. The molecule has 94 valence electrons. The summed E-state index contributed by atoms with van der Waals surface area (Å²) in [6, 6.07) is 11.7. The van der Waals surface area contributed by atoms with Crippen LogP contribution in [0.2, 0.25) is 0 Å². The van der Waals surface area contributed by atoms with Gasteiger partial charge in [0.1, 0.15) is 0 Å². The highest BCUT2D eigenvalue weighted by molar-refractivity contribution is 5.91. The largest absolute Gasteiger partial charge is 0.459 e. The molecule has 0 unspecified atom stereocenters. The minimum absolute atomic E-state index is 0.0607. The Labute approximate surface area is 107 Å². The van der Waals surface area contributed by atoms with Crippen LogP contribution in [0.3, 0.4) is 0 Å². The summed E-state index contributed by atoms with van der Waals surface area (Å²) in [7, 11) is 0. The van der Waals surface area contributed by atoms with Crippen molar-refractivity contribution < 1.29 is 9.21 Å². The summed E-state index contributed by atoms with van der Waals surface area (Å²) in [5.74, 6) is 0.347. The topological polar surface area (TPSA) is 33.5 Å². The van der Waals surface area contributed by atoms with E-state index in [2.05, 4.69) is 0 Å². The third kappa shape index (κ3) is 2.80. The summed E-state index contributed by atoms with van der Waals surface area (Å²) in [4.78, 5) is 14.0. The van der Waals surface area contributed by atoms with Crippen LogP contribution in [0.5, 0.6) is 0 Å². The highest BCUT2D eigenvalue weighted by Crippen LogP contribution is 2.12. The second-order valence-electron chi connectivity index (χ2n) is 4.29. The standard InChI is InChI=1S/C15H17NO2/c1-3-16(10-13-7-5-4-6-8-13)15(17)14-9-12(2)11-18-14/h4-9,11H,3,10H2,1-2H3. The molecule has 1 amide bonds. The van der Waals surface area contributed by atoms with Crippen LogP contribution in [0, 0.1) is 6.92 Å². The number of aryl methyl sites for hydroxylation is 1. The fourth-order valence-corrected chi connectivity index (χ4v) is 1.83. The Balaban J connectivity index is 2.12. The highest BCUT2D eigenvalue weighted by Gasteiger charge is 2.17. The number of amides is 1. The second-order valence-corrected chi connectivity index (χ2v) is 4.29. The van der Waals surface area contributed by atoms with Crippen molar-refractivity contribution in [3.8, 4) is 0 Å². The molecule has 0 fully saturated rings. The van der Waals surface area contributed by atoms with Crippen molar-refractivity contribution in [3.63, 3.8) is 0 Å². The molecule has 0 radical (unpaired) electrons. The van der Waals surface area contributed by atoms with Crippen molar-refractivity contribution >= 4 is 5.91 Å². The lowest BCUT2D eigenvalue weighted by molar-refractivity contribution is 0.0720. The van der Waals surface area contributed by atoms with Crippen molar-refractivity contribution in [2.75, 3.05) is 6.54 Å². The van der Waals surface area contributed by atoms with E-state index in [-0.39, 0.29) is 5.91 Å². The van der Waals surface area contributed by atoms with Crippen LogP contribution in [0.15, 0.2) is 47.1 Å². The Hall–Kier alpha value is -2.03. The number of carbonyl (C=O) groups is 1. The molecule has 0 bridgehead atoms. The normalized spacial score (nSPS) is 10.3. The zero-order valence-electron chi connectivity index (χ0n) is 10.7. The highest BCUT2D eigenvalue weighted by atomic mass is 16.3. The SMILES string of the molecule is CCN(Cc1ccccc1)C(=O)c1cc(C)co1. The minimum Gasteiger partial charge on any atom is -0.459 e. The van der Waals surface area contributed by atoms with Gasteiger partial charge in [0.2, 0.25) is 0 Å². The smallest absolute Gasteiger partial charge is 0.289 e. The summed E-state index contributed by atoms with van der Waals surface area (Å²) < 4.78 is 5.26. The van der Waals surface area contributed by atoms with Gasteiger partial charge in [0.15, 0.2) is 5.76 Å². The molecule has 0 aliphatic heterocycles. The summed E-state index contributed by atoms with van der Waals surface area (Å²) in [6.07, 6.45) is 1.60. The zero-order chi connectivity index (χ0) is 13.0. The Morgan fingerprint density at radius 1 is 1.28 bits per heavy atom. The van der Waals surface area contributed by atoms with E-state index in [9.17, 15) is 4.79 Å². The van der Waals surface area contributed by atoms with Crippen molar-refractivity contribution in [1.82, 2.24) is 4.90 Å². The number of benzene rings is 1. The van der Waals surface area contributed by atoms with E-state index in [1.165, 1.54) is 0 Å². The fourth-order valence-electron chi connectivity index (χ4n) is 1.83. The van der Waals surface area contributed by atoms with Gasteiger partial charge >= 0.3 is 0 Å². The van der Waals surface area contributed by atoms with E-state index < -0.39 is 0 Å². The van der Waals surface area contributed by atoms with E-state index in [4.69, 9.17) is 4.42 Å². The molecule has 0 atom stereocenters. The van der Waals surface area contributed by atoms with Crippen molar-refractivity contribution in [2.45, 2.75) is 20.4 Å². The van der Waals surface area contributed by atoms with Crippen LogP contribution >= 0.6 is 0 Å². The first kappa shape index (κ1) is 12.4. The van der Waals surface area contributed by atoms with E-state index in [0.717, 1.165) is 11.1 Å². The van der Waals surface area contributed by atoms with Gasteiger partial charge in [-0.25, -0.2) is 0 Å². The monoisotopic (exact) mass is 243 g/mol. The summed E-state index contributed by atoms with van der Waals surface area (Å²) in [5, 5.41) is 0. The Bertz CT molecular complexity index is 516. The van der Waals surface area contributed by atoms with E-state index >= 15 is 0 Å². The quantitative estimate of drug-likeness (QED) is 0.826. The molecule has 1 aromatic heterocycles. The molecule has 0 saturated heterocycles. The number of furan rings is 1. The molecular weight excluding hydrogens is 226 g/mol. The fraction of sp³-hybridized carbons (Fsp3) is 0.267. The molecule has 0 aliphatic carbocycles. The summed E-state index contributed by atoms with van der Waals surface area (Å²) >= 11 is 0. The van der Waals surface area contributed by atoms with Crippen molar-refractivity contribution in [3.05, 3.63) is 59.5 Å². The molecule has 18 heavy (non-hydrogen) atoms. The Kier molecular flexibility index (Phi) is 3.82. The van der Waals surface area contributed by atoms with Crippen molar-refractivity contribution in [2.24, 2.45) is 0 Å². The first-order chi connectivity index (χ1) is 8.70. The molecule has 2 rings (SSSR count). The van der Waals surface area contributed by atoms with Crippen molar-refractivity contribution in [1.29, 1.82) is 0 Å². The van der Waals surface area contributed by atoms with Gasteiger partial charge in [-0.3, -0.25) is 4.79 Å². The summed E-state index contributed by atoms with van der Waals surface area (Å²) in [5.41, 5.74) is 2.09. The molecule has 0 saturated carbocycles. The van der Waals surface area contributed by atoms with Gasteiger partial charge in [0.25, 0.3) is 5.91 Å². The minimum atomic E-state index is -0.0607. The number of carbonyl (C=O) groups excluding carboxylic acids is 1. The van der Waals surface area contributed by atoms with E-state index in [0.29, 0.717) is 18.8 Å². The number of hydrogen-bond acceptors (Lipinski definition) is 2. The molecule has 3 nitrogen and oxygen atoms in total. The maximum absolute atomic E-state index is 12.2. The lowest BCUT2D eigenvalue weighted by Gasteiger charge is -2.19. The molecule has 2 aromatic rings. The third-order valence-corrected chi connectivity index (χ3v) is 2.83. The maximum Gasteiger partial charge on any atom is 0.289 e. The average Bonchev–Trinajstić information content (AvgIpc) is 2.83. The van der Waals surface area contributed by atoms with Gasteiger partial charge in [0.05, 0.1) is 6.26 Å². The second kappa shape index (κ2) is 5.54. The molecule has 1 aromatic carbocycles. The molecule has 0 aliphatic rings. The number of rotatable bonds is 4. The lowest BCUT2D eigenvalue weighted by Crippen LogP contribution is -2.29. The van der Waals surface area contributed by atoms with Crippen LogP contribution in [-0.2, 0) is 6.54 Å². The van der Waals surface area contributed by atoms with Gasteiger partial charge in [-0.2, -0.15) is 0 Å². The van der Waals surface area contributed by atoms with Crippen LogP contribution in [0.1, 0.15) is 28.6 Å². The van der Waals surface area contributed by atoms with Gasteiger partial charge in [-0.1, -0.05) is 30.3 Å². The zero-order valence-corrected chi connectivity index (χ0v) is 10.7. The molecule has 1 heterocycles. The first-order valence-electron chi connectivity index (χ1n) is 6.09. The van der Waals surface area contributed by atoms with Crippen LogP contribution in [0.4, 0.5) is 0 Å². The van der Waals surface area contributed by atoms with E-state index in [1.54, 1.807) is 17.2 Å². The average molecular weight is 243 g/mol. The van der Waals surface area contributed by atoms with E-state index in [1.807, 2.05) is 44.2 Å². The number of nitrogens with zero attached hydrogens (tertiary/aromatic N) is 1. The van der Waals surface area contributed by atoms with Gasteiger partial charge in [-0.15, -0.1) is 0 Å². The van der Waals surface area contributed by atoms with Crippen LogP contribution < -0.4 is 0 Å². The lowest BCUT2D eigenvalue weighted by atomic mass is 10.2. The van der Waals surface area contributed by atoms with Gasteiger partial charge < -0.3 is 9.32 Å². The first-order valence-corrected chi connectivity index (χ1v) is 6.09. The Morgan fingerprint density at radius 3 is 2.56 bits per heavy atom. The Morgan fingerprint density at radius 2 is 2.00 bits per heavy atom. The van der Waals surface area contributed by atoms with Crippen LogP contribution in [0.25, 0.3) is 0 Å².